The third-order valence-electron chi connectivity index (χ3n) is 2.76. The minimum absolute atomic E-state index is 0.0963. The van der Waals surface area contributed by atoms with Gasteiger partial charge in [-0.25, -0.2) is 0 Å². The molecule has 0 radical (unpaired) electrons. The molecule has 1 aliphatic rings. The average Bonchev–Trinajstić information content (AvgIpc) is 2.79. The Hall–Kier alpha value is -0.610. The topological polar surface area (TPSA) is 50.4 Å². The maximum Gasteiger partial charge on any atom is 0.233 e. The molecule has 1 saturated heterocycles. The Kier molecular flexibility index (Phi) is 7.17. The smallest absolute Gasteiger partial charge is 0.233 e. The van der Waals surface area contributed by atoms with Crippen LogP contribution in [-0.4, -0.2) is 38.3 Å². The zero-order valence-corrected chi connectivity index (χ0v) is 10.3. The van der Waals surface area contributed by atoms with Crippen molar-refractivity contribution in [1.82, 2.24) is 10.6 Å². The highest BCUT2D eigenvalue weighted by Crippen LogP contribution is 2.16. The Balaban J connectivity index is 1.85. The highest BCUT2D eigenvalue weighted by Gasteiger charge is 2.14. The van der Waals surface area contributed by atoms with E-state index in [1.54, 1.807) is 0 Å². The summed E-state index contributed by atoms with van der Waals surface area (Å²) in [6, 6.07) is 0. The average molecular weight is 228 g/mol. The Morgan fingerprint density at radius 1 is 1.44 bits per heavy atom. The first-order valence-corrected chi connectivity index (χ1v) is 6.42. The first-order chi connectivity index (χ1) is 7.83. The summed E-state index contributed by atoms with van der Waals surface area (Å²) in [5.74, 6) is 0.0963. The minimum atomic E-state index is 0.0963. The zero-order valence-electron chi connectivity index (χ0n) is 10.3. The Labute approximate surface area is 98.1 Å². The molecule has 0 aromatic rings. The van der Waals surface area contributed by atoms with Crippen LogP contribution < -0.4 is 10.6 Å². The quantitative estimate of drug-likeness (QED) is 0.611. The lowest BCUT2D eigenvalue weighted by Gasteiger charge is -2.09. The van der Waals surface area contributed by atoms with Gasteiger partial charge in [-0.15, -0.1) is 0 Å². The molecular formula is C12H24N2O2. The molecule has 0 bridgehead atoms. The van der Waals surface area contributed by atoms with Crippen LogP contribution in [0.25, 0.3) is 0 Å². The third-order valence-corrected chi connectivity index (χ3v) is 2.76. The van der Waals surface area contributed by atoms with E-state index in [1.165, 1.54) is 12.8 Å². The molecule has 1 aliphatic heterocycles. The normalized spacial score (nSPS) is 19.9. The van der Waals surface area contributed by atoms with E-state index in [2.05, 4.69) is 17.6 Å². The largest absolute Gasteiger partial charge is 0.378 e. The van der Waals surface area contributed by atoms with E-state index in [0.29, 0.717) is 12.6 Å². The molecule has 0 aliphatic carbocycles. The van der Waals surface area contributed by atoms with E-state index in [0.717, 1.165) is 39.0 Å². The Morgan fingerprint density at radius 3 is 3.00 bits per heavy atom. The van der Waals surface area contributed by atoms with Gasteiger partial charge in [0.1, 0.15) is 0 Å². The molecule has 0 spiro atoms. The van der Waals surface area contributed by atoms with Gasteiger partial charge in [-0.3, -0.25) is 4.79 Å². The summed E-state index contributed by atoms with van der Waals surface area (Å²) in [4.78, 5) is 11.2. The Bertz CT molecular complexity index is 191. The fourth-order valence-corrected chi connectivity index (χ4v) is 1.86. The van der Waals surface area contributed by atoms with Crippen LogP contribution in [0.1, 0.15) is 39.0 Å². The van der Waals surface area contributed by atoms with E-state index in [9.17, 15) is 4.79 Å². The van der Waals surface area contributed by atoms with Crippen LogP contribution in [0.2, 0.25) is 0 Å². The highest BCUT2D eigenvalue weighted by atomic mass is 16.5. The summed E-state index contributed by atoms with van der Waals surface area (Å²) in [7, 11) is 0. The second kappa shape index (κ2) is 8.53. The van der Waals surface area contributed by atoms with Crippen LogP contribution in [0.4, 0.5) is 0 Å². The molecule has 0 aromatic heterocycles. The predicted molar refractivity (Wildman–Crippen MR) is 64.4 cm³/mol. The third kappa shape index (κ3) is 6.08. The fraction of sp³-hybridized carbons (Fsp3) is 0.917. The summed E-state index contributed by atoms with van der Waals surface area (Å²) < 4.78 is 5.53. The van der Waals surface area contributed by atoms with Gasteiger partial charge < -0.3 is 15.4 Å². The van der Waals surface area contributed by atoms with Crippen molar-refractivity contribution in [2.75, 3.05) is 26.2 Å². The van der Waals surface area contributed by atoms with Gasteiger partial charge in [-0.1, -0.05) is 6.92 Å². The van der Waals surface area contributed by atoms with Gasteiger partial charge >= 0.3 is 0 Å². The van der Waals surface area contributed by atoms with Gasteiger partial charge in [0.15, 0.2) is 0 Å². The summed E-state index contributed by atoms with van der Waals surface area (Å²) in [5.41, 5.74) is 0. The van der Waals surface area contributed by atoms with Gasteiger partial charge in [0.05, 0.1) is 12.6 Å². The minimum Gasteiger partial charge on any atom is -0.378 e. The van der Waals surface area contributed by atoms with E-state index in [-0.39, 0.29) is 5.91 Å². The second-order valence-electron chi connectivity index (χ2n) is 4.30. The summed E-state index contributed by atoms with van der Waals surface area (Å²) in [6.45, 7) is 5.09. The molecule has 4 nitrogen and oxygen atoms in total. The lowest BCUT2D eigenvalue weighted by Crippen LogP contribution is -2.34. The summed E-state index contributed by atoms with van der Waals surface area (Å²) >= 11 is 0. The second-order valence-corrected chi connectivity index (χ2v) is 4.30. The molecule has 1 unspecified atom stereocenters. The molecule has 94 valence electrons. The number of nitrogens with one attached hydrogen (secondary N) is 2. The maximum absolute atomic E-state index is 11.2. The van der Waals surface area contributed by atoms with Crippen LogP contribution in [-0.2, 0) is 9.53 Å². The summed E-state index contributed by atoms with van der Waals surface area (Å²) in [6.07, 6.45) is 6.07. The molecule has 1 atom stereocenters. The van der Waals surface area contributed by atoms with Crippen molar-refractivity contribution in [3.8, 4) is 0 Å². The van der Waals surface area contributed by atoms with Crippen molar-refractivity contribution < 1.29 is 9.53 Å². The monoisotopic (exact) mass is 228 g/mol. The van der Waals surface area contributed by atoms with E-state index in [4.69, 9.17) is 4.74 Å². The van der Waals surface area contributed by atoms with Crippen molar-refractivity contribution in [3.63, 3.8) is 0 Å². The fourth-order valence-electron chi connectivity index (χ4n) is 1.86. The van der Waals surface area contributed by atoms with Crippen molar-refractivity contribution >= 4 is 5.91 Å². The summed E-state index contributed by atoms with van der Waals surface area (Å²) in [5, 5.41) is 5.99. The molecule has 0 aromatic carbocycles. The SMILES string of the molecule is CCCNC(=O)CNCCCC1CCCO1. The van der Waals surface area contributed by atoms with Gasteiger partial charge in [0, 0.05) is 13.2 Å². The molecule has 1 fully saturated rings. The lowest BCUT2D eigenvalue weighted by atomic mass is 10.1. The molecule has 1 amide bonds. The number of carbonyl (C=O) groups is 1. The molecule has 1 rings (SSSR count). The Morgan fingerprint density at radius 2 is 2.31 bits per heavy atom. The van der Waals surface area contributed by atoms with E-state index in [1.807, 2.05) is 0 Å². The lowest BCUT2D eigenvalue weighted by molar-refractivity contribution is -0.120. The van der Waals surface area contributed by atoms with Crippen LogP contribution in [0, 0.1) is 0 Å². The number of carbonyl (C=O) groups excluding carboxylic acids is 1. The van der Waals surface area contributed by atoms with E-state index >= 15 is 0 Å². The van der Waals surface area contributed by atoms with Crippen molar-refractivity contribution in [2.45, 2.75) is 45.1 Å². The number of hydrogen-bond donors (Lipinski definition) is 2. The zero-order chi connectivity index (χ0) is 11.6. The first-order valence-electron chi connectivity index (χ1n) is 6.42. The molecule has 0 saturated carbocycles. The van der Waals surface area contributed by atoms with E-state index < -0.39 is 0 Å². The van der Waals surface area contributed by atoms with Crippen LogP contribution in [0.5, 0.6) is 0 Å². The molecular weight excluding hydrogens is 204 g/mol. The van der Waals surface area contributed by atoms with Gasteiger partial charge in [0.25, 0.3) is 0 Å². The number of rotatable bonds is 8. The van der Waals surface area contributed by atoms with Crippen molar-refractivity contribution in [1.29, 1.82) is 0 Å². The molecule has 1 heterocycles. The van der Waals surface area contributed by atoms with Crippen molar-refractivity contribution in [2.24, 2.45) is 0 Å². The van der Waals surface area contributed by atoms with Crippen molar-refractivity contribution in [3.05, 3.63) is 0 Å². The van der Waals surface area contributed by atoms with Gasteiger partial charge in [-0.2, -0.15) is 0 Å². The molecule has 4 heteroatoms. The van der Waals surface area contributed by atoms with Crippen LogP contribution in [0.3, 0.4) is 0 Å². The molecule has 2 N–H and O–H groups in total. The predicted octanol–water partition coefficient (Wildman–Crippen LogP) is 1.06. The van der Waals surface area contributed by atoms with Gasteiger partial charge in [0.2, 0.25) is 5.91 Å². The number of hydrogen-bond acceptors (Lipinski definition) is 3. The molecule has 16 heavy (non-hydrogen) atoms. The number of amides is 1. The first kappa shape index (κ1) is 13.5. The van der Waals surface area contributed by atoms with Crippen LogP contribution >= 0.6 is 0 Å². The maximum atomic E-state index is 11.2. The number of ether oxygens (including phenoxy) is 1. The van der Waals surface area contributed by atoms with Gasteiger partial charge in [-0.05, 0) is 38.6 Å². The van der Waals surface area contributed by atoms with Crippen LogP contribution in [0.15, 0.2) is 0 Å². The highest BCUT2D eigenvalue weighted by molar-refractivity contribution is 5.77. The standard InChI is InChI=1S/C12H24N2O2/c1-2-7-14-12(15)10-13-8-3-5-11-6-4-9-16-11/h11,13H,2-10H2,1H3,(H,14,15).